The van der Waals surface area contributed by atoms with Crippen molar-refractivity contribution in [3.8, 4) is 0 Å². The molecule has 1 aromatic rings. The molecule has 84 valence electrons. The predicted molar refractivity (Wildman–Crippen MR) is 64.9 cm³/mol. The number of nitrogens with one attached hydrogen (secondary N) is 1. The average Bonchev–Trinajstić information content (AvgIpc) is 2.17. The summed E-state index contributed by atoms with van der Waals surface area (Å²) in [5.74, 6) is 0.712. The summed E-state index contributed by atoms with van der Waals surface area (Å²) in [4.78, 5) is 0. The maximum absolute atomic E-state index is 8.91. The predicted octanol–water partition coefficient (Wildman–Crippen LogP) is 3.03. The number of hydrogen-bond donors (Lipinski definition) is 2. The molecular weight excluding hydrogens is 186 g/mol. The second-order valence-electron chi connectivity index (χ2n) is 4.53. The van der Waals surface area contributed by atoms with Gasteiger partial charge >= 0.3 is 0 Å². The summed E-state index contributed by atoms with van der Waals surface area (Å²) >= 11 is 0. The van der Waals surface area contributed by atoms with E-state index in [0.29, 0.717) is 12.0 Å². The Morgan fingerprint density at radius 1 is 1.13 bits per heavy atom. The SMILES string of the molecule is CC(C)CC(C)Nc1ccc(CO)cc1. The lowest BCUT2D eigenvalue weighted by molar-refractivity contribution is 0.282. The third-order valence-electron chi connectivity index (χ3n) is 2.37. The van der Waals surface area contributed by atoms with E-state index < -0.39 is 0 Å². The normalized spacial score (nSPS) is 12.9. The molecule has 1 aromatic carbocycles. The first kappa shape index (κ1) is 12.1. The van der Waals surface area contributed by atoms with Crippen molar-refractivity contribution in [3.05, 3.63) is 29.8 Å². The second-order valence-corrected chi connectivity index (χ2v) is 4.53. The van der Waals surface area contributed by atoms with E-state index in [0.717, 1.165) is 11.3 Å². The van der Waals surface area contributed by atoms with Gasteiger partial charge in [-0.2, -0.15) is 0 Å². The van der Waals surface area contributed by atoms with Gasteiger partial charge in [-0.25, -0.2) is 0 Å². The number of anilines is 1. The van der Waals surface area contributed by atoms with E-state index in [1.54, 1.807) is 0 Å². The van der Waals surface area contributed by atoms with Crippen LogP contribution in [0, 0.1) is 5.92 Å². The Hall–Kier alpha value is -1.02. The van der Waals surface area contributed by atoms with E-state index in [9.17, 15) is 0 Å². The van der Waals surface area contributed by atoms with Crippen molar-refractivity contribution in [2.45, 2.75) is 39.8 Å². The first-order chi connectivity index (χ1) is 7.11. The monoisotopic (exact) mass is 207 g/mol. The van der Waals surface area contributed by atoms with Crippen LogP contribution in [0.3, 0.4) is 0 Å². The van der Waals surface area contributed by atoms with Crippen molar-refractivity contribution in [2.24, 2.45) is 5.92 Å². The molecule has 0 fully saturated rings. The minimum atomic E-state index is 0.113. The summed E-state index contributed by atoms with van der Waals surface area (Å²) < 4.78 is 0. The van der Waals surface area contributed by atoms with Gasteiger partial charge in [-0.05, 0) is 37.0 Å². The lowest BCUT2D eigenvalue weighted by atomic mass is 10.0. The summed E-state index contributed by atoms with van der Waals surface area (Å²) in [6.45, 7) is 6.77. The van der Waals surface area contributed by atoms with E-state index in [4.69, 9.17) is 5.11 Å². The molecule has 0 aliphatic rings. The Kier molecular flexibility index (Phi) is 4.63. The van der Waals surface area contributed by atoms with Gasteiger partial charge in [0.1, 0.15) is 0 Å². The molecule has 15 heavy (non-hydrogen) atoms. The maximum Gasteiger partial charge on any atom is 0.0681 e. The van der Waals surface area contributed by atoms with Gasteiger partial charge in [0.2, 0.25) is 0 Å². The van der Waals surface area contributed by atoms with Gasteiger partial charge in [0.15, 0.2) is 0 Å². The molecule has 0 aliphatic carbocycles. The minimum absolute atomic E-state index is 0.113. The molecule has 1 unspecified atom stereocenters. The van der Waals surface area contributed by atoms with Crippen molar-refractivity contribution in [2.75, 3.05) is 5.32 Å². The first-order valence-electron chi connectivity index (χ1n) is 5.58. The molecule has 2 heteroatoms. The quantitative estimate of drug-likeness (QED) is 0.778. The Balaban J connectivity index is 2.49. The first-order valence-corrected chi connectivity index (χ1v) is 5.58. The summed E-state index contributed by atoms with van der Waals surface area (Å²) in [6, 6.07) is 8.42. The molecule has 2 N–H and O–H groups in total. The fourth-order valence-electron chi connectivity index (χ4n) is 1.76. The number of benzene rings is 1. The number of rotatable bonds is 5. The molecule has 1 atom stereocenters. The Morgan fingerprint density at radius 2 is 1.73 bits per heavy atom. The van der Waals surface area contributed by atoms with Crippen LogP contribution in [0.4, 0.5) is 5.69 Å². The highest BCUT2D eigenvalue weighted by molar-refractivity contribution is 5.45. The van der Waals surface area contributed by atoms with Gasteiger partial charge in [-0.15, -0.1) is 0 Å². The van der Waals surface area contributed by atoms with E-state index >= 15 is 0 Å². The number of aliphatic hydroxyl groups excluding tert-OH is 1. The molecule has 0 spiro atoms. The zero-order valence-corrected chi connectivity index (χ0v) is 9.83. The van der Waals surface area contributed by atoms with Crippen LogP contribution < -0.4 is 5.32 Å². The van der Waals surface area contributed by atoms with Gasteiger partial charge in [0, 0.05) is 11.7 Å². The van der Waals surface area contributed by atoms with Crippen LogP contribution in [-0.4, -0.2) is 11.1 Å². The molecule has 0 aromatic heterocycles. The minimum Gasteiger partial charge on any atom is -0.392 e. The zero-order valence-electron chi connectivity index (χ0n) is 9.83. The Morgan fingerprint density at radius 3 is 2.20 bits per heavy atom. The van der Waals surface area contributed by atoms with Crippen molar-refractivity contribution in [1.82, 2.24) is 0 Å². The highest BCUT2D eigenvalue weighted by Crippen LogP contribution is 2.13. The molecule has 0 saturated heterocycles. The largest absolute Gasteiger partial charge is 0.392 e. The summed E-state index contributed by atoms with van der Waals surface area (Å²) in [5, 5.41) is 12.4. The highest BCUT2D eigenvalue weighted by Gasteiger charge is 2.04. The Labute approximate surface area is 92.3 Å². The molecule has 2 nitrogen and oxygen atoms in total. The summed E-state index contributed by atoms with van der Waals surface area (Å²) in [5.41, 5.74) is 2.08. The zero-order chi connectivity index (χ0) is 11.3. The molecule has 1 rings (SSSR count). The lowest BCUT2D eigenvalue weighted by Crippen LogP contribution is -2.17. The van der Waals surface area contributed by atoms with Gasteiger partial charge in [0.05, 0.1) is 6.61 Å². The molecular formula is C13H21NO. The van der Waals surface area contributed by atoms with E-state index in [1.165, 1.54) is 6.42 Å². The van der Waals surface area contributed by atoms with Crippen LogP contribution >= 0.6 is 0 Å². The summed E-state index contributed by atoms with van der Waals surface area (Å²) in [7, 11) is 0. The van der Waals surface area contributed by atoms with Crippen LogP contribution in [0.25, 0.3) is 0 Å². The van der Waals surface area contributed by atoms with Crippen LogP contribution in [0.1, 0.15) is 32.8 Å². The third kappa shape index (κ3) is 4.34. The van der Waals surface area contributed by atoms with Gasteiger partial charge in [0.25, 0.3) is 0 Å². The molecule has 0 radical (unpaired) electrons. The van der Waals surface area contributed by atoms with E-state index in [-0.39, 0.29) is 6.61 Å². The smallest absolute Gasteiger partial charge is 0.0681 e. The number of hydrogen-bond acceptors (Lipinski definition) is 2. The van der Waals surface area contributed by atoms with Gasteiger partial charge in [-0.1, -0.05) is 26.0 Å². The second kappa shape index (κ2) is 5.76. The van der Waals surface area contributed by atoms with Crippen LogP contribution in [-0.2, 0) is 6.61 Å². The van der Waals surface area contributed by atoms with E-state index in [1.807, 2.05) is 24.3 Å². The lowest BCUT2D eigenvalue weighted by Gasteiger charge is -2.17. The van der Waals surface area contributed by atoms with Crippen molar-refractivity contribution in [1.29, 1.82) is 0 Å². The van der Waals surface area contributed by atoms with Gasteiger partial charge < -0.3 is 10.4 Å². The van der Waals surface area contributed by atoms with Crippen molar-refractivity contribution >= 4 is 5.69 Å². The highest BCUT2D eigenvalue weighted by atomic mass is 16.3. The van der Waals surface area contributed by atoms with Crippen LogP contribution in [0.15, 0.2) is 24.3 Å². The molecule has 0 aliphatic heterocycles. The molecule has 0 heterocycles. The fourth-order valence-corrected chi connectivity index (χ4v) is 1.76. The van der Waals surface area contributed by atoms with Crippen molar-refractivity contribution < 1.29 is 5.11 Å². The topological polar surface area (TPSA) is 32.3 Å². The Bertz CT molecular complexity index is 279. The average molecular weight is 207 g/mol. The summed E-state index contributed by atoms with van der Waals surface area (Å²) in [6.07, 6.45) is 1.17. The maximum atomic E-state index is 8.91. The molecule has 0 amide bonds. The fraction of sp³-hybridized carbons (Fsp3) is 0.538. The van der Waals surface area contributed by atoms with Crippen LogP contribution in [0.2, 0.25) is 0 Å². The van der Waals surface area contributed by atoms with Crippen molar-refractivity contribution in [3.63, 3.8) is 0 Å². The number of aliphatic hydroxyl groups is 1. The van der Waals surface area contributed by atoms with E-state index in [2.05, 4.69) is 26.1 Å². The third-order valence-corrected chi connectivity index (χ3v) is 2.37. The standard InChI is InChI=1S/C13H21NO/c1-10(2)8-11(3)14-13-6-4-12(9-15)5-7-13/h4-7,10-11,14-15H,8-9H2,1-3H3. The molecule has 0 bridgehead atoms. The van der Waals surface area contributed by atoms with Crippen LogP contribution in [0.5, 0.6) is 0 Å². The van der Waals surface area contributed by atoms with Gasteiger partial charge in [-0.3, -0.25) is 0 Å². The molecule has 0 saturated carbocycles.